The van der Waals surface area contributed by atoms with Gasteiger partial charge in [0.1, 0.15) is 5.75 Å². The Balaban J connectivity index is 2.65. The van der Waals surface area contributed by atoms with Crippen LogP contribution >= 0.6 is 0 Å². The second kappa shape index (κ2) is 4.14. The topological polar surface area (TPSA) is 53.1 Å². The van der Waals surface area contributed by atoms with Crippen molar-refractivity contribution in [2.24, 2.45) is 12.8 Å². The first-order valence-electron chi connectivity index (χ1n) is 5.43. The van der Waals surface area contributed by atoms with E-state index in [-0.39, 0.29) is 6.04 Å². The van der Waals surface area contributed by atoms with E-state index in [0.29, 0.717) is 0 Å². The zero-order valence-corrected chi connectivity index (χ0v) is 9.90. The molecule has 0 aliphatic rings. The third-order valence-electron chi connectivity index (χ3n) is 2.88. The van der Waals surface area contributed by atoms with Crippen LogP contribution in [0.5, 0.6) is 5.75 Å². The Morgan fingerprint density at radius 2 is 2.25 bits per heavy atom. The number of aromatic nitrogens is 2. The van der Waals surface area contributed by atoms with Crippen LogP contribution in [0, 0.1) is 0 Å². The molecule has 0 spiro atoms. The molecule has 4 heteroatoms. The molecule has 2 N–H and O–H groups in total. The predicted molar refractivity (Wildman–Crippen MR) is 64.5 cm³/mol. The minimum absolute atomic E-state index is 0.0178. The normalized spacial score (nSPS) is 13.0. The molecule has 1 atom stereocenters. The van der Waals surface area contributed by atoms with Gasteiger partial charge in [0, 0.05) is 18.5 Å². The summed E-state index contributed by atoms with van der Waals surface area (Å²) in [5, 5.41) is 5.55. The fourth-order valence-corrected chi connectivity index (χ4v) is 1.87. The minimum Gasteiger partial charge on any atom is -0.497 e. The highest BCUT2D eigenvalue weighted by Gasteiger charge is 2.14. The number of benzene rings is 1. The maximum absolute atomic E-state index is 6.05. The zero-order valence-electron chi connectivity index (χ0n) is 9.90. The molecular weight excluding hydrogens is 202 g/mol. The van der Waals surface area contributed by atoms with Crippen LogP contribution in [0.25, 0.3) is 10.9 Å². The molecule has 4 nitrogen and oxygen atoms in total. The van der Waals surface area contributed by atoms with E-state index in [1.807, 2.05) is 29.9 Å². The maximum Gasteiger partial charge on any atom is 0.119 e. The summed E-state index contributed by atoms with van der Waals surface area (Å²) < 4.78 is 7.08. The van der Waals surface area contributed by atoms with Gasteiger partial charge in [0.25, 0.3) is 0 Å². The predicted octanol–water partition coefficient (Wildman–Crippen LogP) is 1.99. The van der Waals surface area contributed by atoms with Gasteiger partial charge in [-0.05, 0) is 24.6 Å². The lowest BCUT2D eigenvalue weighted by Gasteiger charge is -2.05. The van der Waals surface area contributed by atoms with Gasteiger partial charge in [0.05, 0.1) is 18.3 Å². The molecule has 1 heterocycles. The van der Waals surface area contributed by atoms with Gasteiger partial charge in [-0.1, -0.05) is 6.92 Å². The molecule has 0 bridgehead atoms. The van der Waals surface area contributed by atoms with Crippen LogP contribution in [-0.4, -0.2) is 16.9 Å². The Bertz CT molecular complexity index is 504. The lowest BCUT2D eigenvalue weighted by molar-refractivity contribution is 0.415. The molecule has 2 rings (SSSR count). The fourth-order valence-electron chi connectivity index (χ4n) is 1.87. The smallest absolute Gasteiger partial charge is 0.119 e. The first-order chi connectivity index (χ1) is 7.67. The highest BCUT2D eigenvalue weighted by molar-refractivity contribution is 5.83. The van der Waals surface area contributed by atoms with E-state index in [1.54, 1.807) is 7.11 Å². The maximum atomic E-state index is 6.05. The van der Waals surface area contributed by atoms with Gasteiger partial charge in [0.15, 0.2) is 0 Å². The van der Waals surface area contributed by atoms with E-state index in [0.717, 1.165) is 28.8 Å². The number of nitrogens with two attached hydrogens (primary N) is 1. The molecule has 0 fully saturated rings. The second-order valence-electron chi connectivity index (χ2n) is 3.91. The van der Waals surface area contributed by atoms with Gasteiger partial charge in [-0.3, -0.25) is 4.68 Å². The van der Waals surface area contributed by atoms with E-state index in [1.165, 1.54) is 0 Å². The van der Waals surface area contributed by atoms with Crippen molar-refractivity contribution in [3.8, 4) is 5.75 Å². The molecule has 16 heavy (non-hydrogen) atoms. The van der Waals surface area contributed by atoms with Gasteiger partial charge in [-0.25, -0.2) is 0 Å². The van der Waals surface area contributed by atoms with Gasteiger partial charge in [-0.2, -0.15) is 5.10 Å². The summed E-state index contributed by atoms with van der Waals surface area (Å²) in [6, 6.07) is 5.92. The SMILES string of the molecule is CCC(N)c1nn(C)c2ccc(OC)cc12. The van der Waals surface area contributed by atoms with Crippen molar-refractivity contribution in [1.82, 2.24) is 9.78 Å². The van der Waals surface area contributed by atoms with E-state index in [2.05, 4.69) is 12.0 Å². The number of nitrogens with zero attached hydrogens (tertiary/aromatic N) is 2. The van der Waals surface area contributed by atoms with E-state index in [4.69, 9.17) is 10.5 Å². The Morgan fingerprint density at radius 3 is 2.88 bits per heavy atom. The number of ether oxygens (including phenoxy) is 1. The molecule has 2 aromatic rings. The molecule has 0 aliphatic heterocycles. The molecule has 86 valence electrons. The standard InChI is InChI=1S/C12H17N3O/c1-4-10(13)12-9-7-8(16-3)5-6-11(9)15(2)14-12/h5-7,10H,4,13H2,1-3H3. The third kappa shape index (κ3) is 1.65. The molecule has 0 amide bonds. The van der Waals surface area contributed by atoms with Crippen molar-refractivity contribution in [3.05, 3.63) is 23.9 Å². The number of aryl methyl sites for hydroxylation is 1. The highest BCUT2D eigenvalue weighted by Crippen LogP contribution is 2.27. The van der Waals surface area contributed by atoms with Crippen LogP contribution in [0.2, 0.25) is 0 Å². The molecule has 1 aromatic carbocycles. The van der Waals surface area contributed by atoms with Crippen LogP contribution in [0.4, 0.5) is 0 Å². The van der Waals surface area contributed by atoms with Crippen molar-refractivity contribution in [2.45, 2.75) is 19.4 Å². The molecule has 0 saturated heterocycles. The van der Waals surface area contributed by atoms with E-state index in [9.17, 15) is 0 Å². The van der Waals surface area contributed by atoms with Crippen molar-refractivity contribution in [1.29, 1.82) is 0 Å². The zero-order chi connectivity index (χ0) is 11.7. The van der Waals surface area contributed by atoms with Gasteiger partial charge < -0.3 is 10.5 Å². The average molecular weight is 219 g/mol. The Morgan fingerprint density at radius 1 is 1.50 bits per heavy atom. The Hall–Kier alpha value is -1.55. The van der Waals surface area contributed by atoms with Crippen LogP contribution in [0.1, 0.15) is 25.1 Å². The number of hydrogen-bond acceptors (Lipinski definition) is 3. The molecule has 1 aromatic heterocycles. The van der Waals surface area contributed by atoms with Crippen LogP contribution in [-0.2, 0) is 7.05 Å². The Labute approximate surface area is 95.0 Å². The second-order valence-corrected chi connectivity index (χ2v) is 3.91. The number of hydrogen-bond donors (Lipinski definition) is 1. The third-order valence-corrected chi connectivity index (χ3v) is 2.88. The lowest BCUT2D eigenvalue weighted by Crippen LogP contribution is -2.10. The van der Waals surface area contributed by atoms with Crippen molar-refractivity contribution in [2.75, 3.05) is 7.11 Å². The summed E-state index contributed by atoms with van der Waals surface area (Å²) in [6.45, 7) is 2.06. The monoisotopic (exact) mass is 219 g/mol. The number of fused-ring (bicyclic) bond motifs is 1. The van der Waals surface area contributed by atoms with E-state index < -0.39 is 0 Å². The summed E-state index contributed by atoms with van der Waals surface area (Å²) in [5.74, 6) is 0.838. The molecule has 0 radical (unpaired) electrons. The molecule has 0 saturated carbocycles. The summed E-state index contributed by atoms with van der Waals surface area (Å²) >= 11 is 0. The average Bonchev–Trinajstić information content (AvgIpc) is 2.65. The van der Waals surface area contributed by atoms with Crippen LogP contribution < -0.4 is 10.5 Å². The fraction of sp³-hybridized carbons (Fsp3) is 0.417. The first kappa shape index (κ1) is 11.0. The molecule has 0 aliphatic carbocycles. The van der Waals surface area contributed by atoms with E-state index >= 15 is 0 Å². The van der Waals surface area contributed by atoms with Gasteiger partial charge >= 0.3 is 0 Å². The summed E-state index contributed by atoms with van der Waals surface area (Å²) in [4.78, 5) is 0. The lowest BCUT2D eigenvalue weighted by atomic mass is 10.1. The van der Waals surface area contributed by atoms with Crippen molar-refractivity contribution in [3.63, 3.8) is 0 Å². The van der Waals surface area contributed by atoms with Crippen LogP contribution in [0.15, 0.2) is 18.2 Å². The first-order valence-corrected chi connectivity index (χ1v) is 5.43. The summed E-state index contributed by atoms with van der Waals surface area (Å²) in [7, 11) is 3.59. The molecular formula is C12H17N3O. The Kier molecular flexibility index (Phi) is 2.83. The summed E-state index contributed by atoms with van der Waals surface area (Å²) in [6.07, 6.45) is 0.878. The summed E-state index contributed by atoms with van der Waals surface area (Å²) in [5.41, 5.74) is 8.08. The molecule has 1 unspecified atom stereocenters. The number of methoxy groups -OCH3 is 1. The number of rotatable bonds is 3. The van der Waals surface area contributed by atoms with Gasteiger partial charge in [0.2, 0.25) is 0 Å². The quantitative estimate of drug-likeness (QED) is 0.859. The minimum atomic E-state index is -0.0178. The largest absolute Gasteiger partial charge is 0.497 e. The van der Waals surface area contributed by atoms with Gasteiger partial charge in [-0.15, -0.1) is 0 Å². The van der Waals surface area contributed by atoms with Crippen molar-refractivity contribution >= 4 is 10.9 Å². The van der Waals surface area contributed by atoms with Crippen LogP contribution in [0.3, 0.4) is 0 Å². The van der Waals surface area contributed by atoms with Crippen molar-refractivity contribution < 1.29 is 4.74 Å². The highest BCUT2D eigenvalue weighted by atomic mass is 16.5.